The Labute approximate surface area is 261 Å². The zero-order valence-electron chi connectivity index (χ0n) is 25.9. The smallest absolute Gasteiger partial charge is 0.328 e. The number of carbonyl (C=O) groups excluding carboxylic acids is 2. The van der Waals surface area contributed by atoms with Gasteiger partial charge in [-0.1, -0.05) is 26.0 Å². The lowest BCUT2D eigenvalue weighted by molar-refractivity contribution is -0.129. The normalized spacial score (nSPS) is 17.7. The highest BCUT2D eigenvalue weighted by Gasteiger charge is 2.30. The van der Waals surface area contributed by atoms with E-state index in [1.165, 1.54) is 21.3 Å². The number of nitrogens with zero attached hydrogens (tertiary/aromatic N) is 5. The van der Waals surface area contributed by atoms with E-state index in [1.54, 1.807) is 26.4 Å². The molecule has 2 aromatic heterocycles. The van der Waals surface area contributed by atoms with Crippen LogP contribution >= 0.6 is 0 Å². The summed E-state index contributed by atoms with van der Waals surface area (Å²) >= 11 is 0. The molecule has 0 aliphatic carbocycles. The number of hydrogen-bond acceptors (Lipinski definition) is 7. The molecule has 2 aromatic carbocycles. The van der Waals surface area contributed by atoms with Gasteiger partial charge in [-0.2, -0.15) is 4.31 Å². The molecule has 13 nitrogen and oxygen atoms in total. The monoisotopic (exact) mass is 637 g/mol. The van der Waals surface area contributed by atoms with E-state index in [1.807, 2.05) is 48.9 Å². The van der Waals surface area contributed by atoms with Crippen molar-refractivity contribution in [3.8, 4) is 17.1 Å². The number of imidazole rings is 2. The molecule has 0 radical (unpaired) electrons. The van der Waals surface area contributed by atoms with Crippen molar-refractivity contribution in [2.45, 2.75) is 44.2 Å². The molecule has 5 rings (SSSR count). The van der Waals surface area contributed by atoms with Gasteiger partial charge in [-0.25, -0.2) is 18.2 Å². The summed E-state index contributed by atoms with van der Waals surface area (Å²) in [5.74, 6) is 0.454. The van der Waals surface area contributed by atoms with Crippen molar-refractivity contribution < 1.29 is 22.7 Å². The Balaban J connectivity index is 1.46. The fourth-order valence-electron chi connectivity index (χ4n) is 5.51. The first-order chi connectivity index (χ1) is 21.5. The van der Waals surface area contributed by atoms with Crippen molar-refractivity contribution in [1.29, 1.82) is 0 Å². The van der Waals surface area contributed by atoms with Crippen LogP contribution in [0.2, 0.25) is 0 Å². The maximum absolute atomic E-state index is 14.0. The highest BCUT2D eigenvalue weighted by molar-refractivity contribution is 7.89. The van der Waals surface area contributed by atoms with Crippen molar-refractivity contribution in [1.82, 2.24) is 33.6 Å². The largest absolute Gasteiger partial charge is 0.494 e. The molecule has 0 fully saturated rings. The fraction of sp³-hybridized carbons (Fsp3) is 0.419. The summed E-state index contributed by atoms with van der Waals surface area (Å²) in [7, 11) is -0.999. The molecule has 14 heteroatoms. The van der Waals surface area contributed by atoms with Crippen LogP contribution in [0.25, 0.3) is 22.4 Å². The second-order valence-electron chi connectivity index (χ2n) is 11.6. The van der Waals surface area contributed by atoms with Gasteiger partial charge in [-0.05, 0) is 49.1 Å². The molecule has 1 aliphatic heterocycles. The van der Waals surface area contributed by atoms with Crippen molar-refractivity contribution >= 4 is 32.9 Å². The molecule has 45 heavy (non-hydrogen) atoms. The number of amides is 2. The Hall–Kier alpha value is -4.43. The van der Waals surface area contributed by atoms with Crippen LogP contribution in [0.5, 0.6) is 5.75 Å². The topological polar surface area (TPSA) is 150 Å². The maximum atomic E-state index is 14.0. The van der Waals surface area contributed by atoms with Gasteiger partial charge in [0.1, 0.15) is 17.6 Å². The van der Waals surface area contributed by atoms with Crippen molar-refractivity contribution in [3.63, 3.8) is 0 Å². The van der Waals surface area contributed by atoms with Gasteiger partial charge in [0.15, 0.2) is 0 Å². The third kappa shape index (κ3) is 6.96. The number of fused-ring (bicyclic) bond motifs is 5. The molecule has 1 atom stereocenters. The first-order valence-electron chi connectivity index (χ1n) is 14.9. The molecule has 1 aliphatic rings. The van der Waals surface area contributed by atoms with Crippen LogP contribution in [0.3, 0.4) is 0 Å². The molecular formula is C31H39N7O6S. The van der Waals surface area contributed by atoms with E-state index < -0.39 is 28.5 Å². The van der Waals surface area contributed by atoms with E-state index in [0.29, 0.717) is 42.1 Å². The van der Waals surface area contributed by atoms with E-state index in [-0.39, 0.29) is 42.0 Å². The minimum Gasteiger partial charge on any atom is -0.494 e. The number of rotatable bonds is 4. The SMILES string of the molecule is CC(C)C[C@H]1NC(=O)CN(S(=O)(=O)c2ccc3c(c2)n(C)c(=O)n3C)CCCOc2cccc(c2)-c2nccn2CCNC1=O. The van der Waals surface area contributed by atoms with Gasteiger partial charge in [0.05, 0.1) is 29.1 Å². The maximum Gasteiger partial charge on any atom is 0.328 e. The van der Waals surface area contributed by atoms with Crippen LogP contribution in [0, 0.1) is 5.92 Å². The highest BCUT2D eigenvalue weighted by atomic mass is 32.2. The zero-order chi connectivity index (χ0) is 32.3. The summed E-state index contributed by atoms with van der Waals surface area (Å²) in [6.07, 6.45) is 4.19. The number of ether oxygens (including phenoxy) is 1. The van der Waals surface area contributed by atoms with Gasteiger partial charge in [0.25, 0.3) is 0 Å². The van der Waals surface area contributed by atoms with Crippen molar-refractivity contribution in [2.75, 3.05) is 26.2 Å². The first-order valence-corrected chi connectivity index (χ1v) is 16.4. The predicted molar refractivity (Wildman–Crippen MR) is 169 cm³/mol. The number of carbonyl (C=O) groups is 2. The Bertz CT molecular complexity index is 1870. The van der Waals surface area contributed by atoms with Crippen LogP contribution in [-0.4, -0.2) is 75.5 Å². The van der Waals surface area contributed by atoms with Gasteiger partial charge in [-0.15, -0.1) is 0 Å². The van der Waals surface area contributed by atoms with E-state index in [2.05, 4.69) is 15.6 Å². The minimum absolute atomic E-state index is 0.0212. The average molecular weight is 638 g/mol. The molecular weight excluding hydrogens is 598 g/mol. The number of sulfonamides is 1. The number of aryl methyl sites for hydroxylation is 2. The molecule has 0 unspecified atom stereocenters. The molecule has 0 saturated heterocycles. The molecule has 2 amide bonds. The molecule has 2 N–H and O–H groups in total. The lowest BCUT2D eigenvalue weighted by atomic mass is 10.0. The van der Waals surface area contributed by atoms with Gasteiger partial charge >= 0.3 is 5.69 Å². The zero-order valence-corrected chi connectivity index (χ0v) is 26.7. The van der Waals surface area contributed by atoms with Crippen LogP contribution < -0.4 is 21.1 Å². The fourth-order valence-corrected chi connectivity index (χ4v) is 6.97. The second kappa shape index (κ2) is 13.3. The molecule has 3 heterocycles. The first kappa shape index (κ1) is 32.0. The number of nitrogens with one attached hydrogen (secondary N) is 2. The van der Waals surface area contributed by atoms with E-state index >= 15 is 0 Å². The number of benzene rings is 2. The Kier molecular flexibility index (Phi) is 9.44. The number of aromatic nitrogens is 4. The van der Waals surface area contributed by atoms with Crippen LogP contribution in [-0.2, 0) is 40.3 Å². The third-order valence-electron chi connectivity index (χ3n) is 7.84. The van der Waals surface area contributed by atoms with Crippen molar-refractivity contribution in [3.05, 3.63) is 65.3 Å². The quantitative estimate of drug-likeness (QED) is 0.347. The average Bonchev–Trinajstić information content (AvgIpc) is 3.56. The molecule has 240 valence electrons. The van der Waals surface area contributed by atoms with E-state index in [9.17, 15) is 22.8 Å². The molecule has 0 saturated carbocycles. The Morgan fingerprint density at radius 1 is 1.02 bits per heavy atom. The summed E-state index contributed by atoms with van der Waals surface area (Å²) in [6.45, 7) is 4.32. The van der Waals surface area contributed by atoms with Crippen LogP contribution in [0.1, 0.15) is 26.7 Å². The minimum atomic E-state index is -4.19. The number of hydrogen-bond donors (Lipinski definition) is 2. The standard InChI is InChI=1S/C31H39N7O6S/c1-21(2)17-25-30(40)33-12-15-37-14-11-32-29(37)22-7-5-8-23(18-22)44-16-6-13-38(20-28(39)34-25)45(42,43)24-9-10-26-27(19-24)36(4)31(41)35(26)3/h5,7-11,14,18-19,21,25H,6,12-13,15-17,20H2,1-4H3,(H,33,40)(H,34,39)/t25-/m1/s1. The second-order valence-corrected chi connectivity index (χ2v) is 13.5. The summed E-state index contributed by atoms with van der Waals surface area (Å²) in [5, 5.41) is 5.68. The van der Waals surface area contributed by atoms with Gasteiger partial charge in [0, 0.05) is 51.7 Å². The van der Waals surface area contributed by atoms with E-state index in [0.717, 1.165) is 9.87 Å². The summed E-state index contributed by atoms with van der Waals surface area (Å²) < 4.78 is 39.8. The third-order valence-corrected chi connectivity index (χ3v) is 9.68. The summed E-state index contributed by atoms with van der Waals surface area (Å²) in [4.78, 5) is 43.5. The molecule has 2 bridgehead atoms. The Morgan fingerprint density at radius 2 is 1.80 bits per heavy atom. The van der Waals surface area contributed by atoms with Gasteiger partial charge in [0.2, 0.25) is 21.8 Å². The highest BCUT2D eigenvalue weighted by Crippen LogP contribution is 2.24. The summed E-state index contributed by atoms with van der Waals surface area (Å²) in [5.41, 5.74) is 1.59. The van der Waals surface area contributed by atoms with Crippen molar-refractivity contribution in [2.24, 2.45) is 20.0 Å². The summed E-state index contributed by atoms with van der Waals surface area (Å²) in [6, 6.07) is 11.1. The predicted octanol–water partition coefficient (Wildman–Crippen LogP) is 1.86. The van der Waals surface area contributed by atoms with Gasteiger partial charge < -0.3 is 19.9 Å². The molecule has 0 spiro atoms. The van der Waals surface area contributed by atoms with E-state index in [4.69, 9.17) is 4.74 Å². The van der Waals surface area contributed by atoms with Gasteiger partial charge in [-0.3, -0.25) is 18.7 Å². The Morgan fingerprint density at radius 3 is 2.58 bits per heavy atom. The lowest BCUT2D eigenvalue weighted by Gasteiger charge is -2.25. The van der Waals surface area contributed by atoms with Crippen LogP contribution in [0.15, 0.2) is 64.5 Å². The lowest BCUT2D eigenvalue weighted by Crippen LogP contribution is -2.51. The molecule has 4 aromatic rings. The van der Waals surface area contributed by atoms with Crippen LogP contribution in [0.4, 0.5) is 0 Å².